The van der Waals surface area contributed by atoms with E-state index >= 15 is 0 Å². The van der Waals surface area contributed by atoms with Gasteiger partial charge >= 0.3 is 17.9 Å². The van der Waals surface area contributed by atoms with Gasteiger partial charge in [0.25, 0.3) is 0 Å². The molecular formula is C11H17NNa2O7. The molecule has 0 aromatic rings. The maximum Gasteiger partial charge on any atom is 0.333 e. The van der Waals surface area contributed by atoms with Gasteiger partial charge in [0.1, 0.15) is 12.7 Å². The van der Waals surface area contributed by atoms with Crippen molar-refractivity contribution in [3.05, 3.63) is 12.2 Å². The maximum atomic E-state index is 10.7. The van der Waals surface area contributed by atoms with Crippen molar-refractivity contribution in [2.24, 2.45) is 0 Å². The van der Waals surface area contributed by atoms with E-state index in [0.29, 0.717) is 18.8 Å². The molecule has 1 aliphatic heterocycles. The number of nitrogens with one attached hydrogen (secondary N) is 1. The third-order valence-corrected chi connectivity index (χ3v) is 1.70. The van der Waals surface area contributed by atoms with Crippen LogP contribution in [-0.2, 0) is 23.9 Å². The molecule has 1 fully saturated rings. The number of ether oxygens (including phenoxy) is 2. The second-order valence-corrected chi connectivity index (χ2v) is 3.73. The first-order valence-electron chi connectivity index (χ1n) is 5.41. The van der Waals surface area contributed by atoms with Crippen molar-refractivity contribution in [3.63, 3.8) is 0 Å². The number of carbonyl (C=O) groups is 3. The van der Waals surface area contributed by atoms with Crippen molar-refractivity contribution in [2.45, 2.75) is 13.0 Å². The molecule has 0 bridgehead atoms. The average Bonchev–Trinajstić information content (AvgIpc) is 3.09. The summed E-state index contributed by atoms with van der Waals surface area (Å²) in [6, 6.07) is 0. The zero-order valence-electron chi connectivity index (χ0n) is 12.5. The largest absolute Gasteiger partial charge is 0.480 e. The summed E-state index contributed by atoms with van der Waals surface area (Å²) in [7, 11) is 0. The van der Waals surface area contributed by atoms with Crippen LogP contribution in [-0.4, -0.2) is 120 Å². The van der Waals surface area contributed by atoms with Gasteiger partial charge in [0, 0.05) is 64.7 Å². The minimum Gasteiger partial charge on any atom is -0.480 e. The Morgan fingerprint density at radius 1 is 1.24 bits per heavy atom. The Kier molecular flexibility index (Phi) is 18.5. The van der Waals surface area contributed by atoms with Gasteiger partial charge in [0.15, 0.2) is 0 Å². The summed E-state index contributed by atoms with van der Waals surface area (Å²) in [6.45, 7) is 5.51. The topological polar surface area (TPSA) is 125 Å². The van der Waals surface area contributed by atoms with E-state index in [0.717, 1.165) is 0 Å². The fourth-order valence-electron chi connectivity index (χ4n) is 0.732. The van der Waals surface area contributed by atoms with Crippen molar-refractivity contribution in [1.29, 1.82) is 0 Å². The van der Waals surface area contributed by atoms with Gasteiger partial charge in [-0.15, -0.1) is 0 Å². The van der Waals surface area contributed by atoms with Gasteiger partial charge in [-0.3, -0.25) is 14.9 Å². The van der Waals surface area contributed by atoms with E-state index < -0.39 is 11.9 Å². The minimum absolute atomic E-state index is 0. The van der Waals surface area contributed by atoms with Crippen LogP contribution in [0.1, 0.15) is 6.92 Å². The van der Waals surface area contributed by atoms with E-state index in [9.17, 15) is 14.4 Å². The smallest absolute Gasteiger partial charge is 0.333 e. The predicted octanol–water partition coefficient (Wildman–Crippen LogP) is -1.51. The molecule has 0 amide bonds. The number of epoxide rings is 1. The van der Waals surface area contributed by atoms with Crippen molar-refractivity contribution < 1.29 is 34.1 Å². The Labute approximate surface area is 166 Å². The maximum absolute atomic E-state index is 10.7. The van der Waals surface area contributed by atoms with E-state index in [1.807, 2.05) is 0 Å². The molecule has 1 unspecified atom stereocenters. The molecule has 2 radical (unpaired) electrons. The summed E-state index contributed by atoms with van der Waals surface area (Å²) in [5.74, 6) is -2.46. The number of aliphatic carboxylic acids is 2. The number of carboxylic acids is 2. The molecular weight excluding hydrogens is 304 g/mol. The third-order valence-electron chi connectivity index (χ3n) is 1.70. The molecule has 1 aliphatic rings. The van der Waals surface area contributed by atoms with Crippen LogP contribution in [0.15, 0.2) is 12.2 Å². The van der Waals surface area contributed by atoms with Crippen LogP contribution in [0.3, 0.4) is 0 Å². The van der Waals surface area contributed by atoms with Crippen LogP contribution in [0.4, 0.5) is 0 Å². The number of esters is 1. The average molecular weight is 321 g/mol. The molecule has 0 spiro atoms. The van der Waals surface area contributed by atoms with Gasteiger partial charge in [0.2, 0.25) is 0 Å². The number of rotatable bonds is 7. The van der Waals surface area contributed by atoms with Crippen molar-refractivity contribution in [3.8, 4) is 0 Å². The third kappa shape index (κ3) is 20.1. The quantitative estimate of drug-likeness (QED) is 0.224. The van der Waals surface area contributed by atoms with Crippen LogP contribution in [0.25, 0.3) is 0 Å². The van der Waals surface area contributed by atoms with Crippen LogP contribution in [0, 0.1) is 0 Å². The summed E-state index contributed by atoms with van der Waals surface area (Å²) in [6.07, 6.45) is 0.142. The second-order valence-electron chi connectivity index (χ2n) is 3.73. The van der Waals surface area contributed by atoms with Gasteiger partial charge < -0.3 is 19.7 Å². The molecule has 21 heavy (non-hydrogen) atoms. The fourth-order valence-corrected chi connectivity index (χ4v) is 0.732. The summed E-state index contributed by atoms with van der Waals surface area (Å²) < 4.78 is 9.60. The van der Waals surface area contributed by atoms with Crippen molar-refractivity contribution in [2.75, 3.05) is 26.3 Å². The predicted molar refractivity (Wildman–Crippen MR) is 75.2 cm³/mol. The van der Waals surface area contributed by atoms with Gasteiger partial charge in [-0.05, 0) is 6.92 Å². The first-order valence-corrected chi connectivity index (χ1v) is 5.41. The molecule has 1 heterocycles. The minimum atomic E-state index is -1.06. The zero-order chi connectivity index (χ0) is 14.8. The molecule has 0 aliphatic carbocycles. The Morgan fingerprint density at radius 3 is 1.95 bits per heavy atom. The van der Waals surface area contributed by atoms with Gasteiger partial charge in [-0.25, -0.2) is 4.79 Å². The Hall–Kier alpha value is 0.0700. The standard InChI is InChI=1S/C7H10O3.C4H7NO4.2Na/c1-5(2)7(8)10-4-6-3-9-6;6-3(7)1-5-2-4(8)9;;/h6H,1,3-4H2,2H3;5H,1-2H2,(H,6,7)(H,8,9);;. The SMILES string of the molecule is C=C(C)C(=O)OCC1CO1.O=C(O)CNCC(=O)O.[Na].[Na]. The van der Waals surface area contributed by atoms with Gasteiger partial charge in [-0.2, -0.15) is 0 Å². The van der Waals surface area contributed by atoms with E-state index in [1.54, 1.807) is 6.92 Å². The molecule has 1 saturated heterocycles. The molecule has 1 rings (SSSR count). The summed E-state index contributed by atoms with van der Waals surface area (Å²) in [4.78, 5) is 30.1. The molecule has 3 N–H and O–H groups in total. The van der Waals surface area contributed by atoms with E-state index in [2.05, 4.69) is 11.9 Å². The molecule has 0 aromatic heterocycles. The molecule has 0 aromatic carbocycles. The van der Waals surface area contributed by atoms with Crippen LogP contribution >= 0.6 is 0 Å². The Bertz CT molecular complexity index is 344. The Balaban J connectivity index is -0.000000284. The molecule has 110 valence electrons. The molecule has 8 nitrogen and oxygen atoms in total. The number of carboxylic acid groups (broad SMARTS) is 2. The van der Waals surface area contributed by atoms with E-state index in [-0.39, 0.29) is 84.3 Å². The Morgan fingerprint density at radius 2 is 1.67 bits per heavy atom. The monoisotopic (exact) mass is 321 g/mol. The number of hydrogen-bond acceptors (Lipinski definition) is 6. The zero-order valence-corrected chi connectivity index (χ0v) is 16.5. The first kappa shape index (κ1) is 26.0. The second kappa shape index (κ2) is 15.0. The van der Waals surface area contributed by atoms with Crippen LogP contribution in [0.2, 0.25) is 0 Å². The van der Waals surface area contributed by atoms with Crippen LogP contribution in [0.5, 0.6) is 0 Å². The summed E-state index contributed by atoms with van der Waals surface area (Å²) in [5.41, 5.74) is 0.431. The molecule has 1 atom stereocenters. The number of hydrogen-bond donors (Lipinski definition) is 3. The van der Waals surface area contributed by atoms with E-state index in [4.69, 9.17) is 19.7 Å². The van der Waals surface area contributed by atoms with Gasteiger partial charge in [-0.1, -0.05) is 6.58 Å². The van der Waals surface area contributed by atoms with Gasteiger partial charge in [0.05, 0.1) is 19.7 Å². The fraction of sp³-hybridized carbons (Fsp3) is 0.545. The molecule has 0 saturated carbocycles. The summed E-state index contributed by atoms with van der Waals surface area (Å²) in [5, 5.41) is 18.1. The first-order chi connectivity index (χ1) is 8.82. The van der Waals surface area contributed by atoms with Crippen molar-refractivity contribution in [1.82, 2.24) is 5.32 Å². The van der Waals surface area contributed by atoms with Crippen molar-refractivity contribution >= 4 is 77.0 Å². The van der Waals surface area contributed by atoms with Crippen LogP contribution < -0.4 is 5.32 Å². The molecule has 10 heteroatoms. The normalized spacial score (nSPS) is 14.2. The number of carbonyl (C=O) groups excluding carboxylic acids is 1. The summed E-state index contributed by atoms with van der Waals surface area (Å²) >= 11 is 0. The van der Waals surface area contributed by atoms with E-state index in [1.165, 1.54) is 0 Å².